The number of hydrogen-bond donors (Lipinski definition) is 0. The van der Waals surface area contributed by atoms with E-state index in [1.165, 1.54) is 22.3 Å². The molecule has 6 rings (SSSR count). The van der Waals surface area contributed by atoms with Gasteiger partial charge in [-0.05, 0) is 40.8 Å². The zero-order valence-corrected chi connectivity index (χ0v) is 16.4. The van der Waals surface area contributed by atoms with Crippen molar-refractivity contribution in [2.24, 2.45) is 0 Å². The maximum absolute atomic E-state index is 6.37. The van der Waals surface area contributed by atoms with Crippen molar-refractivity contribution in [3.05, 3.63) is 114 Å². The molecule has 0 saturated carbocycles. The lowest BCUT2D eigenvalue weighted by Crippen LogP contribution is -1.90. The predicted octanol–water partition coefficient (Wildman–Crippen LogP) is 7.25. The van der Waals surface area contributed by atoms with Crippen LogP contribution in [0.2, 0.25) is 0 Å². The topological polar surface area (TPSA) is 26.0 Å². The van der Waals surface area contributed by atoms with Crippen molar-refractivity contribution in [3.63, 3.8) is 0 Å². The van der Waals surface area contributed by atoms with Crippen molar-refractivity contribution in [1.82, 2.24) is 4.98 Å². The summed E-state index contributed by atoms with van der Waals surface area (Å²) in [5, 5.41) is 0. The Hall–Kier alpha value is -3.91. The number of rotatable bonds is 3. The maximum atomic E-state index is 6.37. The SMILES string of the molecule is c1ccc(-c2nc(-c3cccc4c3Cc3ccccc3-4)c(-c3ccccc3)o2)cc1. The van der Waals surface area contributed by atoms with E-state index in [-0.39, 0.29) is 0 Å². The van der Waals surface area contributed by atoms with E-state index in [1.54, 1.807) is 0 Å². The van der Waals surface area contributed by atoms with E-state index in [4.69, 9.17) is 9.40 Å². The molecular formula is C28H19NO. The minimum atomic E-state index is 0.651. The van der Waals surface area contributed by atoms with E-state index in [1.807, 2.05) is 48.5 Å². The third kappa shape index (κ3) is 2.69. The lowest BCUT2D eigenvalue weighted by Gasteiger charge is -2.08. The second-order valence-electron chi connectivity index (χ2n) is 7.59. The number of benzene rings is 4. The minimum absolute atomic E-state index is 0.651. The van der Waals surface area contributed by atoms with E-state index in [0.29, 0.717) is 5.89 Å². The smallest absolute Gasteiger partial charge is 0.227 e. The fraction of sp³-hybridized carbons (Fsp3) is 0.0357. The summed E-state index contributed by atoms with van der Waals surface area (Å²) in [7, 11) is 0. The summed E-state index contributed by atoms with van der Waals surface area (Å²) in [6.45, 7) is 0. The van der Waals surface area contributed by atoms with Gasteiger partial charge in [0.15, 0.2) is 5.76 Å². The maximum Gasteiger partial charge on any atom is 0.227 e. The van der Waals surface area contributed by atoms with Gasteiger partial charge in [0, 0.05) is 16.7 Å². The summed E-state index contributed by atoms with van der Waals surface area (Å²) < 4.78 is 6.37. The van der Waals surface area contributed by atoms with Crippen LogP contribution in [-0.4, -0.2) is 4.98 Å². The van der Waals surface area contributed by atoms with Crippen LogP contribution in [0.25, 0.3) is 45.2 Å². The quantitative estimate of drug-likeness (QED) is 0.321. The highest BCUT2D eigenvalue weighted by molar-refractivity contribution is 5.88. The number of fused-ring (bicyclic) bond motifs is 3. The van der Waals surface area contributed by atoms with Gasteiger partial charge < -0.3 is 4.42 Å². The molecule has 1 aliphatic rings. The molecule has 0 aliphatic heterocycles. The number of oxazole rings is 1. The lowest BCUT2D eigenvalue weighted by atomic mass is 9.97. The molecule has 1 aromatic heterocycles. The predicted molar refractivity (Wildman–Crippen MR) is 121 cm³/mol. The van der Waals surface area contributed by atoms with E-state index in [0.717, 1.165) is 34.6 Å². The molecule has 0 atom stereocenters. The summed E-state index contributed by atoms with van der Waals surface area (Å²) in [6, 6.07) is 35.5. The Morgan fingerprint density at radius 1 is 0.567 bits per heavy atom. The molecule has 0 spiro atoms. The summed E-state index contributed by atoms with van der Waals surface area (Å²) in [5.74, 6) is 1.47. The van der Waals surface area contributed by atoms with Gasteiger partial charge in [-0.25, -0.2) is 4.98 Å². The van der Waals surface area contributed by atoms with Gasteiger partial charge in [-0.3, -0.25) is 0 Å². The Bertz CT molecular complexity index is 1350. The Morgan fingerprint density at radius 2 is 1.20 bits per heavy atom. The second kappa shape index (κ2) is 6.85. The van der Waals surface area contributed by atoms with Crippen LogP contribution in [-0.2, 0) is 6.42 Å². The van der Waals surface area contributed by atoms with Gasteiger partial charge in [0.25, 0.3) is 0 Å². The molecule has 0 saturated heterocycles. The van der Waals surface area contributed by atoms with Crippen LogP contribution in [0, 0.1) is 0 Å². The number of hydrogen-bond acceptors (Lipinski definition) is 2. The third-order valence-electron chi connectivity index (χ3n) is 5.79. The van der Waals surface area contributed by atoms with Crippen molar-refractivity contribution in [3.8, 4) is 45.2 Å². The number of aromatic nitrogens is 1. The summed E-state index contributed by atoms with van der Waals surface area (Å²) in [4.78, 5) is 5.00. The normalized spacial score (nSPS) is 11.9. The molecule has 1 aliphatic carbocycles. The molecule has 1 heterocycles. The van der Waals surface area contributed by atoms with Crippen LogP contribution < -0.4 is 0 Å². The average Bonchev–Trinajstić information content (AvgIpc) is 3.42. The minimum Gasteiger partial charge on any atom is -0.435 e. The summed E-state index contributed by atoms with van der Waals surface area (Å²) >= 11 is 0. The molecule has 142 valence electrons. The van der Waals surface area contributed by atoms with Crippen LogP contribution in [0.5, 0.6) is 0 Å². The van der Waals surface area contributed by atoms with Gasteiger partial charge in [-0.1, -0.05) is 91.0 Å². The van der Waals surface area contributed by atoms with E-state index < -0.39 is 0 Å². The Labute approximate surface area is 175 Å². The zero-order chi connectivity index (χ0) is 19.9. The van der Waals surface area contributed by atoms with Crippen molar-refractivity contribution < 1.29 is 4.42 Å². The van der Waals surface area contributed by atoms with Crippen LogP contribution >= 0.6 is 0 Å². The highest BCUT2D eigenvalue weighted by Crippen LogP contribution is 2.44. The Balaban J connectivity index is 1.58. The molecule has 30 heavy (non-hydrogen) atoms. The molecule has 0 fully saturated rings. The van der Waals surface area contributed by atoms with Gasteiger partial charge in [0.2, 0.25) is 5.89 Å². The van der Waals surface area contributed by atoms with E-state index in [9.17, 15) is 0 Å². The van der Waals surface area contributed by atoms with Crippen LogP contribution in [0.15, 0.2) is 108 Å². The molecule has 2 heteroatoms. The van der Waals surface area contributed by atoms with Crippen molar-refractivity contribution in [2.75, 3.05) is 0 Å². The largest absolute Gasteiger partial charge is 0.435 e. The molecule has 4 aromatic carbocycles. The molecule has 2 nitrogen and oxygen atoms in total. The fourth-order valence-corrected chi connectivity index (χ4v) is 4.37. The van der Waals surface area contributed by atoms with Crippen LogP contribution in [0.1, 0.15) is 11.1 Å². The Kier molecular flexibility index (Phi) is 3.88. The third-order valence-corrected chi connectivity index (χ3v) is 5.79. The highest BCUT2D eigenvalue weighted by Gasteiger charge is 2.25. The first kappa shape index (κ1) is 17.0. The lowest BCUT2D eigenvalue weighted by molar-refractivity contribution is 0.589. The summed E-state index contributed by atoms with van der Waals surface area (Å²) in [5.41, 5.74) is 9.39. The van der Waals surface area contributed by atoms with Gasteiger partial charge in [0.05, 0.1) is 0 Å². The first-order valence-electron chi connectivity index (χ1n) is 10.2. The average molecular weight is 385 g/mol. The van der Waals surface area contributed by atoms with Gasteiger partial charge in [-0.15, -0.1) is 0 Å². The molecule has 0 bridgehead atoms. The molecule has 0 unspecified atom stereocenters. The highest BCUT2D eigenvalue weighted by atomic mass is 16.4. The number of nitrogens with zero attached hydrogens (tertiary/aromatic N) is 1. The molecule has 0 amide bonds. The molecule has 0 N–H and O–H groups in total. The second-order valence-corrected chi connectivity index (χ2v) is 7.59. The van der Waals surface area contributed by atoms with Gasteiger partial charge in [0.1, 0.15) is 5.69 Å². The van der Waals surface area contributed by atoms with Crippen molar-refractivity contribution in [1.29, 1.82) is 0 Å². The van der Waals surface area contributed by atoms with Crippen molar-refractivity contribution in [2.45, 2.75) is 6.42 Å². The molecule has 5 aromatic rings. The first-order chi connectivity index (χ1) is 14.9. The fourth-order valence-electron chi connectivity index (χ4n) is 4.37. The van der Waals surface area contributed by atoms with E-state index in [2.05, 4.69) is 54.6 Å². The van der Waals surface area contributed by atoms with E-state index >= 15 is 0 Å². The standard InChI is InChI=1S/C28H19NO/c1-3-10-19(11-4-1)27-26(29-28(30-27)20-12-5-2-6-13-20)24-17-9-16-23-22-15-8-7-14-21(22)18-25(23)24/h1-17H,18H2. The van der Waals surface area contributed by atoms with Crippen LogP contribution in [0.4, 0.5) is 0 Å². The van der Waals surface area contributed by atoms with Crippen LogP contribution in [0.3, 0.4) is 0 Å². The first-order valence-corrected chi connectivity index (χ1v) is 10.2. The van der Waals surface area contributed by atoms with Gasteiger partial charge in [-0.2, -0.15) is 0 Å². The van der Waals surface area contributed by atoms with Gasteiger partial charge >= 0.3 is 0 Å². The molecule has 0 radical (unpaired) electrons. The molecular weight excluding hydrogens is 366 g/mol. The summed E-state index contributed by atoms with van der Waals surface area (Å²) in [6.07, 6.45) is 0.920. The zero-order valence-electron chi connectivity index (χ0n) is 16.4. The Morgan fingerprint density at radius 3 is 2.00 bits per heavy atom. The monoisotopic (exact) mass is 385 g/mol. The van der Waals surface area contributed by atoms with Crippen molar-refractivity contribution >= 4 is 0 Å².